The number of alkyl halides is 1. The molecule has 0 radical (unpaired) electrons. The lowest BCUT2D eigenvalue weighted by Gasteiger charge is -2.45. The van der Waals surface area contributed by atoms with Crippen LogP contribution in [0, 0.1) is 5.41 Å². The maximum absolute atomic E-state index is 6.97. The minimum atomic E-state index is -0.456. The van der Waals surface area contributed by atoms with E-state index in [2.05, 4.69) is 39.4 Å². The van der Waals surface area contributed by atoms with Crippen molar-refractivity contribution >= 4 is 18.3 Å². The molecule has 0 aliphatic rings. The minimum Gasteiger partial charge on any atom is -0.278 e. The van der Waals surface area contributed by atoms with Gasteiger partial charge in [-0.2, -0.15) is 0 Å². The fourth-order valence-electron chi connectivity index (χ4n) is 3.30. The fourth-order valence-corrected chi connectivity index (χ4v) is 3.77. The summed E-state index contributed by atoms with van der Waals surface area (Å²) in [6.45, 7) is 12.8. The summed E-state index contributed by atoms with van der Waals surface area (Å²) < 4.78 is 0. The van der Waals surface area contributed by atoms with E-state index in [9.17, 15) is 0 Å². The average molecular weight is 288 g/mol. The van der Waals surface area contributed by atoms with Gasteiger partial charge in [-0.25, -0.2) is 0 Å². The Kier molecular flexibility index (Phi) is 9.78. The van der Waals surface area contributed by atoms with Crippen molar-refractivity contribution in [1.82, 2.24) is 0 Å². The van der Waals surface area contributed by atoms with Crippen LogP contribution in [-0.2, 0) is 0 Å². The Hall–Kier alpha value is -0.0400. The Morgan fingerprint density at radius 3 is 1.58 bits per heavy atom. The molecule has 1 nitrogen and oxygen atoms in total. The Morgan fingerprint density at radius 2 is 1.26 bits per heavy atom. The van der Waals surface area contributed by atoms with Crippen LogP contribution in [0.3, 0.4) is 0 Å². The monoisotopic (exact) mass is 287 g/mol. The normalized spacial score (nSPS) is 15.2. The first-order chi connectivity index (χ1) is 9.05. The second kappa shape index (κ2) is 9.80. The molecule has 0 rings (SSSR count). The second-order valence-corrected chi connectivity index (χ2v) is 6.53. The zero-order valence-corrected chi connectivity index (χ0v) is 14.4. The molecule has 19 heavy (non-hydrogen) atoms. The average Bonchev–Trinajstić information content (AvgIpc) is 2.42. The lowest BCUT2D eigenvalue weighted by Crippen LogP contribution is -2.42. The number of rotatable bonds is 12. The van der Waals surface area contributed by atoms with E-state index in [1.807, 2.05) is 0 Å². The van der Waals surface area contributed by atoms with Crippen molar-refractivity contribution in [2.45, 2.75) is 96.9 Å². The van der Waals surface area contributed by atoms with Crippen molar-refractivity contribution in [2.75, 3.05) is 0 Å². The van der Waals surface area contributed by atoms with Gasteiger partial charge in [0.15, 0.2) is 0 Å². The number of hydrogen-bond acceptors (Lipinski definition) is 1. The fraction of sp³-hybridized carbons (Fsp3) is 0.941. The van der Waals surface area contributed by atoms with Gasteiger partial charge >= 0.3 is 0 Å². The van der Waals surface area contributed by atoms with E-state index in [1.54, 1.807) is 0 Å². The van der Waals surface area contributed by atoms with Crippen molar-refractivity contribution in [3.8, 4) is 0 Å². The number of aliphatic imine (C=N–C) groups is 1. The molecule has 0 fully saturated rings. The summed E-state index contributed by atoms with van der Waals surface area (Å²) in [4.78, 5) is 3.97. The summed E-state index contributed by atoms with van der Waals surface area (Å²) in [7, 11) is 0. The van der Waals surface area contributed by atoms with Gasteiger partial charge in [-0.15, -0.1) is 0 Å². The first kappa shape index (κ1) is 19.0. The Morgan fingerprint density at radius 1 is 0.789 bits per heavy atom. The molecule has 0 N–H and O–H groups in total. The molecule has 0 aliphatic heterocycles. The maximum atomic E-state index is 6.97. The standard InChI is InChI=1S/C17H34ClN/c1-6-10-14-16(12-8-3,15-11-7-2)17(18,19-5)13-9-4/h5-15H2,1-4H3. The van der Waals surface area contributed by atoms with Gasteiger partial charge in [0.05, 0.1) is 0 Å². The predicted molar refractivity (Wildman–Crippen MR) is 89.4 cm³/mol. The number of hydrogen-bond donors (Lipinski definition) is 0. The van der Waals surface area contributed by atoms with E-state index in [1.165, 1.54) is 51.4 Å². The molecule has 0 amide bonds. The van der Waals surface area contributed by atoms with Crippen LogP contribution in [0.15, 0.2) is 4.99 Å². The lowest BCUT2D eigenvalue weighted by atomic mass is 9.68. The molecule has 0 spiro atoms. The van der Waals surface area contributed by atoms with Crippen molar-refractivity contribution in [3.05, 3.63) is 0 Å². The van der Waals surface area contributed by atoms with Crippen LogP contribution in [0.5, 0.6) is 0 Å². The zero-order valence-electron chi connectivity index (χ0n) is 13.6. The van der Waals surface area contributed by atoms with Crippen molar-refractivity contribution in [2.24, 2.45) is 10.4 Å². The maximum Gasteiger partial charge on any atom is 0.138 e. The van der Waals surface area contributed by atoms with Gasteiger partial charge in [0.2, 0.25) is 0 Å². The van der Waals surface area contributed by atoms with Crippen LogP contribution in [0.1, 0.15) is 91.9 Å². The van der Waals surface area contributed by atoms with Gasteiger partial charge in [-0.05, 0) is 32.4 Å². The van der Waals surface area contributed by atoms with Crippen LogP contribution in [-0.4, -0.2) is 11.7 Å². The summed E-state index contributed by atoms with van der Waals surface area (Å²) >= 11 is 6.97. The third kappa shape index (κ3) is 5.10. The summed E-state index contributed by atoms with van der Waals surface area (Å²) in [6.07, 6.45) is 11.7. The molecule has 0 aromatic heterocycles. The van der Waals surface area contributed by atoms with Gasteiger partial charge < -0.3 is 0 Å². The van der Waals surface area contributed by atoms with E-state index in [0.717, 1.165) is 12.8 Å². The SMILES string of the molecule is C=NC(Cl)(CCC)C(CCC)(CCCC)CCCC. The molecule has 0 aliphatic carbocycles. The van der Waals surface area contributed by atoms with E-state index >= 15 is 0 Å². The van der Waals surface area contributed by atoms with Crippen LogP contribution >= 0.6 is 11.6 Å². The van der Waals surface area contributed by atoms with Crippen molar-refractivity contribution in [1.29, 1.82) is 0 Å². The molecule has 0 aromatic rings. The van der Waals surface area contributed by atoms with E-state index in [4.69, 9.17) is 11.6 Å². The van der Waals surface area contributed by atoms with Crippen LogP contribution in [0.2, 0.25) is 0 Å². The van der Waals surface area contributed by atoms with Crippen molar-refractivity contribution < 1.29 is 0 Å². The first-order valence-electron chi connectivity index (χ1n) is 8.22. The second-order valence-electron chi connectivity index (χ2n) is 5.90. The number of halogens is 1. The van der Waals surface area contributed by atoms with Crippen molar-refractivity contribution in [3.63, 3.8) is 0 Å². The largest absolute Gasteiger partial charge is 0.278 e. The van der Waals surface area contributed by atoms with Crippen LogP contribution in [0.4, 0.5) is 0 Å². The first-order valence-corrected chi connectivity index (χ1v) is 8.60. The molecule has 1 atom stereocenters. The Balaban J connectivity index is 5.28. The number of unbranched alkanes of at least 4 members (excludes halogenated alkanes) is 2. The van der Waals surface area contributed by atoms with E-state index in [-0.39, 0.29) is 5.41 Å². The molecular weight excluding hydrogens is 254 g/mol. The molecule has 2 heteroatoms. The highest BCUT2D eigenvalue weighted by molar-refractivity contribution is 6.24. The molecule has 0 saturated heterocycles. The summed E-state index contributed by atoms with van der Waals surface area (Å²) in [5, 5.41) is 0. The molecule has 0 bridgehead atoms. The minimum absolute atomic E-state index is 0.146. The van der Waals surface area contributed by atoms with E-state index < -0.39 is 5.00 Å². The van der Waals surface area contributed by atoms with Gasteiger partial charge in [-0.3, -0.25) is 4.99 Å². The third-order valence-electron chi connectivity index (χ3n) is 4.39. The smallest absolute Gasteiger partial charge is 0.138 e. The molecule has 0 heterocycles. The van der Waals surface area contributed by atoms with Crippen LogP contribution in [0.25, 0.3) is 0 Å². The molecule has 1 unspecified atom stereocenters. The zero-order chi connectivity index (χ0) is 14.8. The lowest BCUT2D eigenvalue weighted by molar-refractivity contribution is 0.124. The van der Waals surface area contributed by atoms with E-state index in [0.29, 0.717) is 0 Å². The highest BCUT2D eigenvalue weighted by atomic mass is 35.5. The molecule has 0 saturated carbocycles. The summed E-state index contributed by atoms with van der Waals surface area (Å²) in [5.74, 6) is 0. The highest BCUT2D eigenvalue weighted by Gasteiger charge is 2.47. The molecule has 0 aromatic carbocycles. The Labute approximate surface area is 126 Å². The van der Waals surface area contributed by atoms with Crippen LogP contribution < -0.4 is 0 Å². The third-order valence-corrected chi connectivity index (χ3v) is 5.10. The van der Waals surface area contributed by atoms with Gasteiger partial charge in [-0.1, -0.05) is 77.8 Å². The van der Waals surface area contributed by atoms with Gasteiger partial charge in [0, 0.05) is 5.41 Å². The highest BCUT2D eigenvalue weighted by Crippen LogP contribution is 2.52. The molecular formula is C17H34ClN. The van der Waals surface area contributed by atoms with Gasteiger partial charge in [0.1, 0.15) is 5.00 Å². The topological polar surface area (TPSA) is 12.4 Å². The Bertz CT molecular complexity index is 231. The quantitative estimate of drug-likeness (QED) is 0.218. The summed E-state index contributed by atoms with van der Waals surface area (Å²) in [5.41, 5.74) is 0.146. The predicted octanol–water partition coefficient (Wildman–Crippen LogP) is 6.59. The summed E-state index contributed by atoms with van der Waals surface area (Å²) in [6, 6.07) is 0. The molecule has 114 valence electrons. The number of nitrogens with zero attached hydrogens (tertiary/aromatic N) is 1. The van der Waals surface area contributed by atoms with Gasteiger partial charge in [0.25, 0.3) is 0 Å².